The van der Waals surface area contributed by atoms with Crippen LogP contribution < -0.4 is 14.8 Å². The fourth-order valence-corrected chi connectivity index (χ4v) is 6.87. The third-order valence-electron chi connectivity index (χ3n) is 9.53. The smallest absolute Gasteiger partial charge is 0.156 e. The van der Waals surface area contributed by atoms with Crippen LogP contribution in [0.1, 0.15) is 50.2 Å². The van der Waals surface area contributed by atoms with Crippen molar-refractivity contribution >= 4 is 40.3 Å². The Labute approximate surface area is 312 Å². The molecule has 2 N–H and O–H groups in total. The van der Waals surface area contributed by atoms with Crippen LogP contribution in [-0.2, 0) is 19.8 Å². The van der Waals surface area contributed by atoms with Gasteiger partial charge in [-0.2, -0.15) is 5.26 Å². The number of nitrogens with zero attached hydrogens (tertiary/aromatic N) is 5. The molecule has 6 aromatic rings. The van der Waals surface area contributed by atoms with Gasteiger partial charge in [-0.15, -0.1) is 0 Å². The summed E-state index contributed by atoms with van der Waals surface area (Å²) in [6, 6.07) is 23.3. The van der Waals surface area contributed by atoms with Gasteiger partial charge in [-0.25, -0.2) is 4.98 Å². The highest BCUT2D eigenvalue weighted by Gasteiger charge is 2.21. The molecule has 0 aliphatic carbocycles. The van der Waals surface area contributed by atoms with Crippen LogP contribution in [0.5, 0.6) is 11.5 Å². The second-order valence-corrected chi connectivity index (χ2v) is 13.6. The van der Waals surface area contributed by atoms with Gasteiger partial charge in [-0.3, -0.25) is 19.7 Å². The Balaban J connectivity index is 1.08. The first-order chi connectivity index (χ1) is 25.8. The van der Waals surface area contributed by atoms with Gasteiger partial charge in [0.2, 0.25) is 0 Å². The molecule has 1 aliphatic heterocycles. The molecule has 4 heterocycles. The summed E-state index contributed by atoms with van der Waals surface area (Å²) in [4.78, 5) is 27.6. The zero-order chi connectivity index (χ0) is 36.9. The molecule has 0 spiro atoms. The van der Waals surface area contributed by atoms with Gasteiger partial charge in [0.15, 0.2) is 12.1 Å². The standard InChI is InChI=1S/C42H37ClN6O4/c1-26-32(25-53-40-16-39(33(23-50)15-37(40)43)52-24-30-13-28(17-44)18-45-19-30)5-3-6-35(26)36-7-4-8-38(27(36)2)48-42-41-31(9-11-46-42)14-29(20-47-41)21-49-12-10-34(51)22-49/h3-9,11,13-16,18-20,23,34,51H,10,12,21-22,24-25H2,1-2H3,(H,46,48). The van der Waals surface area contributed by atoms with Crippen molar-refractivity contribution in [1.82, 2.24) is 19.9 Å². The Morgan fingerprint density at radius 2 is 1.77 bits per heavy atom. The van der Waals surface area contributed by atoms with Gasteiger partial charge in [-0.1, -0.05) is 41.9 Å². The maximum atomic E-state index is 11.8. The summed E-state index contributed by atoms with van der Waals surface area (Å²) in [7, 11) is 0. The number of likely N-dealkylation sites (tertiary alicyclic amines) is 1. The van der Waals surface area contributed by atoms with E-state index in [-0.39, 0.29) is 29.9 Å². The normalized spacial score (nSPS) is 14.2. The van der Waals surface area contributed by atoms with Crippen LogP contribution in [-0.4, -0.2) is 50.4 Å². The highest BCUT2D eigenvalue weighted by atomic mass is 35.5. The Hall–Kier alpha value is -5.86. The van der Waals surface area contributed by atoms with Crippen molar-refractivity contribution in [3.05, 3.63) is 135 Å². The van der Waals surface area contributed by atoms with E-state index in [0.29, 0.717) is 41.3 Å². The molecule has 0 saturated carbocycles. The molecule has 1 fully saturated rings. The fourth-order valence-electron chi connectivity index (χ4n) is 6.64. The van der Waals surface area contributed by atoms with E-state index in [1.165, 1.54) is 12.3 Å². The predicted octanol–water partition coefficient (Wildman–Crippen LogP) is 8.11. The second-order valence-electron chi connectivity index (χ2n) is 13.2. The number of aromatic nitrogens is 3. The highest BCUT2D eigenvalue weighted by Crippen LogP contribution is 2.36. The van der Waals surface area contributed by atoms with Gasteiger partial charge in [0, 0.05) is 67.1 Å². The summed E-state index contributed by atoms with van der Waals surface area (Å²) in [5.41, 5.74) is 9.42. The monoisotopic (exact) mass is 724 g/mol. The average Bonchev–Trinajstić information content (AvgIpc) is 3.59. The molecule has 11 heteroatoms. The maximum absolute atomic E-state index is 11.8. The van der Waals surface area contributed by atoms with Gasteiger partial charge in [0.25, 0.3) is 0 Å². The number of aliphatic hydroxyl groups excluding tert-OH is 1. The van der Waals surface area contributed by atoms with Gasteiger partial charge in [0.05, 0.1) is 22.3 Å². The summed E-state index contributed by atoms with van der Waals surface area (Å²) in [6.45, 7) is 6.82. The molecule has 0 amide bonds. The van der Waals surface area contributed by atoms with Crippen molar-refractivity contribution in [2.75, 3.05) is 18.4 Å². The molecule has 3 aromatic carbocycles. The number of carbonyl (C=O) groups excluding carboxylic acids is 1. The number of benzene rings is 3. The molecule has 0 radical (unpaired) electrons. The number of aliphatic hydroxyl groups is 1. The molecular weight excluding hydrogens is 688 g/mol. The van der Waals surface area contributed by atoms with Crippen molar-refractivity contribution in [3.8, 4) is 28.7 Å². The van der Waals surface area contributed by atoms with Crippen LogP contribution in [0.25, 0.3) is 22.0 Å². The van der Waals surface area contributed by atoms with Gasteiger partial charge in [-0.05, 0) is 84.0 Å². The van der Waals surface area contributed by atoms with E-state index >= 15 is 0 Å². The lowest BCUT2D eigenvalue weighted by Gasteiger charge is -2.18. The lowest BCUT2D eigenvalue weighted by molar-refractivity contribution is 0.111. The van der Waals surface area contributed by atoms with Gasteiger partial charge < -0.3 is 19.9 Å². The number of nitrogens with one attached hydrogen (secondary N) is 1. The van der Waals surface area contributed by atoms with Gasteiger partial charge in [0.1, 0.15) is 36.3 Å². The predicted molar refractivity (Wildman–Crippen MR) is 205 cm³/mol. The van der Waals surface area contributed by atoms with Crippen LogP contribution in [0.4, 0.5) is 11.5 Å². The molecule has 1 unspecified atom stereocenters. The van der Waals surface area contributed by atoms with Crippen molar-refractivity contribution in [2.45, 2.75) is 46.1 Å². The quantitative estimate of drug-likeness (QED) is 0.119. The van der Waals surface area contributed by atoms with E-state index < -0.39 is 0 Å². The van der Waals surface area contributed by atoms with E-state index in [1.807, 2.05) is 36.5 Å². The lowest BCUT2D eigenvalue weighted by atomic mass is 9.93. The van der Waals surface area contributed by atoms with Crippen LogP contribution in [0.2, 0.25) is 5.02 Å². The second kappa shape index (κ2) is 15.8. The summed E-state index contributed by atoms with van der Waals surface area (Å²) in [6.07, 6.45) is 8.00. The third-order valence-corrected chi connectivity index (χ3v) is 9.82. The van der Waals surface area contributed by atoms with E-state index in [1.54, 1.807) is 24.5 Å². The number of fused-ring (bicyclic) bond motifs is 1. The lowest BCUT2D eigenvalue weighted by Crippen LogP contribution is -2.21. The number of aldehydes is 1. The third kappa shape index (κ3) is 7.98. The maximum Gasteiger partial charge on any atom is 0.156 e. The highest BCUT2D eigenvalue weighted by molar-refractivity contribution is 6.32. The van der Waals surface area contributed by atoms with Crippen molar-refractivity contribution in [2.24, 2.45) is 0 Å². The number of anilines is 2. The summed E-state index contributed by atoms with van der Waals surface area (Å²) in [5.74, 6) is 1.37. The number of halogens is 1. The first kappa shape index (κ1) is 35.5. The summed E-state index contributed by atoms with van der Waals surface area (Å²) >= 11 is 6.55. The topological polar surface area (TPSA) is 133 Å². The minimum Gasteiger partial charge on any atom is -0.488 e. The minimum absolute atomic E-state index is 0.109. The van der Waals surface area contributed by atoms with Crippen molar-refractivity contribution in [3.63, 3.8) is 0 Å². The summed E-state index contributed by atoms with van der Waals surface area (Å²) < 4.78 is 12.2. The zero-order valence-electron chi connectivity index (χ0n) is 29.3. The first-order valence-electron chi connectivity index (χ1n) is 17.3. The van der Waals surface area contributed by atoms with E-state index in [4.69, 9.17) is 26.1 Å². The zero-order valence-corrected chi connectivity index (χ0v) is 30.1. The molecule has 3 aromatic heterocycles. The Bertz CT molecular complexity index is 2360. The molecule has 1 atom stereocenters. The van der Waals surface area contributed by atoms with E-state index in [9.17, 15) is 15.2 Å². The molecule has 0 bridgehead atoms. The number of rotatable bonds is 12. The first-order valence-corrected chi connectivity index (χ1v) is 17.7. The SMILES string of the molecule is Cc1c(COc2cc(OCc3cncc(C#N)c3)c(C=O)cc2Cl)cccc1-c1cccc(Nc2nccc3cc(CN4CCC(O)C4)cnc23)c1C. The number of carbonyl (C=O) groups is 1. The van der Waals surface area contributed by atoms with E-state index in [0.717, 1.165) is 69.5 Å². The number of β-amino-alcohol motifs (C(OH)–C–C–N with tert-alkyl or cyclic N) is 1. The van der Waals surface area contributed by atoms with Crippen LogP contribution in [0.3, 0.4) is 0 Å². The van der Waals surface area contributed by atoms with Crippen LogP contribution in [0, 0.1) is 25.2 Å². The van der Waals surface area contributed by atoms with Crippen molar-refractivity contribution < 1.29 is 19.4 Å². The van der Waals surface area contributed by atoms with Gasteiger partial charge >= 0.3 is 0 Å². The molecule has 53 heavy (non-hydrogen) atoms. The average molecular weight is 725 g/mol. The number of ether oxygens (including phenoxy) is 2. The van der Waals surface area contributed by atoms with Crippen molar-refractivity contribution in [1.29, 1.82) is 5.26 Å². The number of nitriles is 1. The Morgan fingerprint density at radius 1 is 0.962 bits per heavy atom. The molecule has 1 saturated heterocycles. The van der Waals surface area contributed by atoms with Crippen LogP contribution in [0.15, 0.2) is 91.5 Å². The molecular formula is C42H37ClN6O4. The fraction of sp³-hybridized carbons (Fsp3) is 0.214. The molecule has 1 aliphatic rings. The minimum atomic E-state index is -0.255. The number of hydrogen-bond donors (Lipinski definition) is 2. The van der Waals surface area contributed by atoms with E-state index in [2.05, 4.69) is 58.3 Å². The number of hydrogen-bond acceptors (Lipinski definition) is 10. The molecule has 266 valence electrons. The van der Waals surface area contributed by atoms with Crippen LogP contribution >= 0.6 is 11.6 Å². The largest absolute Gasteiger partial charge is 0.488 e. The Morgan fingerprint density at radius 3 is 2.57 bits per heavy atom. The Kier molecular flexibility index (Phi) is 10.6. The summed E-state index contributed by atoms with van der Waals surface area (Å²) in [5, 5.41) is 23.9. The number of pyridine rings is 3. The molecule has 10 nitrogen and oxygen atoms in total. The molecule has 7 rings (SSSR count).